The van der Waals surface area contributed by atoms with Crippen LogP contribution in [0.3, 0.4) is 0 Å². The third-order valence-corrected chi connectivity index (χ3v) is 10.6. The molecule has 1 aromatic carbocycles. The van der Waals surface area contributed by atoms with Crippen LogP contribution in [0.15, 0.2) is 35.4 Å². The zero-order chi connectivity index (χ0) is 20.5. The van der Waals surface area contributed by atoms with E-state index in [4.69, 9.17) is 24.2 Å². The lowest BCUT2D eigenvalue weighted by molar-refractivity contribution is -0.323. The molecule has 3 rings (SSSR count). The lowest BCUT2D eigenvalue weighted by Crippen LogP contribution is -2.60. The van der Waals surface area contributed by atoms with Gasteiger partial charge in [0.15, 0.2) is 20.9 Å². The molecule has 6 atom stereocenters. The van der Waals surface area contributed by atoms with Crippen molar-refractivity contribution in [1.82, 2.24) is 0 Å². The van der Waals surface area contributed by atoms with Crippen molar-refractivity contribution in [3.63, 3.8) is 0 Å². The average molecular weight is 406 g/mol. The van der Waals surface area contributed by atoms with E-state index in [0.717, 1.165) is 5.56 Å². The van der Waals surface area contributed by atoms with Gasteiger partial charge < -0.3 is 18.6 Å². The van der Waals surface area contributed by atoms with Gasteiger partial charge in [-0.25, -0.2) is 0 Å². The molecule has 0 spiro atoms. The largest absolute Gasteiger partial charge is 0.392 e. The minimum absolute atomic E-state index is 0.0231. The SMILES string of the molecule is C[C@@H]1C(N=[N+]=[N-])[C@H](O[Si](C)(C)C(C)(C)C)OC2COC(c3ccccc3)O[C@@H]21. The summed E-state index contributed by atoms with van der Waals surface area (Å²) in [6.07, 6.45) is -1.52. The minimum Gasteiger partial charge on any atom is -0.392 e. The van der Waals surface area contributed by atoms with Crippen molar-refractivity contribution in [3.8, 4) is 0 Å². The smallest absolute Gasteiger partial charge is 0.195 e. The quantitative estimate of drug-likeness (QED) is 0.299. The maximum atomic E-state index is 9.13. The summed E-state index contributed by atoms with van der Waals surface area (Å²) in [7, 11) is -2.11. The van der Waals surface area contributed by atoms with Gasteiger partial charge in [0.05, 0.1) is 18.8 Å². The van der Waals surface area contributed by atoms with E-state index in [2.05, 4.69) is 43.9 Å². The Balaban J connectivity index is 1.80. The zero-order valence-electron chi connectivity index (χ0n) is 17.5. The van der Waals surface area contributed by atoms with Gasteiger partial charge in [-0.3, -0.25) is 0 Å². The summed E-state index contributed by atoms with van der Waals surface area (Å²) in [5.74, 6) is -0.0560. The first-order chi connectivity index (χ1) is 13.1. The first kappa shape index (κ1) is 21.3. The fraction of sp³-hybridized carbons (Fsp3) is 0.700. The van der Waals surface area contributed by atoms with Crippen molar-refractivity contribution in [1.29, 1.82) is 0 Å². The normalized spacial score (nSPS) is 33.6. The third kappa shape index (κ3) is 4.27. The molecule has 154 valence electrons. The molecule has 0 aliphatic carbocycles. The molecule has 8 heteroatoms. The Morgan fingerprint density at radius 2 is 1.86 bits per heavy atom. The summed E-state index contributed by atoms with van der Waals surface area (Å²) >= 11 is 0. The highest BCUT2D eigenvalue weighted by Crippen LogP contribution is 2.42. The number of hydrogen-bond donors (Lipinski definition) is 0. The van der Waals surface area contributed by atoms with Gasteiger partial charge >= 0.3 is 0 Å². The topological polar surface area (TPSA) is 85.7 Å². The number of benzene rings is 1. The average Bonchev–Trinajstić information content (AvgIpc) is 2.64. The molecule has 1 aromatic rings. The molecule has 2 heterocycles. The van der Waals surface area contributed by atoms with Crippen LogP contribution in [-0.2, 0) is 18.6 Å². The van der Waals surface area contributed by atoms with Crippen LogP contribution in [0.5, 0.6) is 0 Å². The number of rotatable bonds is 4. The molecule has 2 aliphatic rings. The van der Waals surface area contributed by atoms with E-state index in [1.807, 2.05) is 37.3 Å². The Kier molecular flexibility index (Phi) is 6.19. The molecule has 2 aliphatic heterocycles. The van der Waals surface area contributed by atoms with E-state index in [9.17, 15) is 0 Å². The summed E-state index contributed by atoms with van der Waals surface area (Å²) < 4.78 is 24.9. The Morgan fingerprint density at radius 3 is 2.46 bits per heavy atom. The van der Waals surface area contributed by atoms with E-state index >= 15 is 0 Å². The van der Waals surface area contributed by atoms with E-state index in [1.165, 1.54) is 0 Å². The predicted octanol–water partition coefficient (Wildman–Crippen LogP) is 5.16. The van der Waals surface area contributed by atoms with Gasteiger partial charge in [0, 0.05) is 10.5 Å². The third-order valence-electron chi connectivity index (χ3n) is 6.18. The fourth-order valence-corrected chi connectivity index (χ4v) is 4.52. The van der Waals surface area contributed by atoms with Crippen molar-refractivity contribution in [2.45, 2.75) is 76.7 Å². The summed E-state index contributed by atoms with van der Waals surface area (Å²) in [6.45, 7) is 13.3. The van der Waals surface area contributed by atoms with Crippen LogP contribution in [-0.4, -0.2) is 39.5 Å². The Hall–Kier alpha value is -1.41. The van der Waals surface area contributed by atoms with Gasteiger partial charge in [0.25, 0.3) is 0 Å². The molecule has 28 heavy (non-hydrogen) atoms. The van der Waals surface area contributed by atoms with Crippen molar-refractivity contribution < 1.29 is 18.6 Å². The number of azide groups is 1. The second-order valence-electron chi connectivity index (χ2n) is 9.15. The molecule has 0 N–H and O–H groups in total. The van der Waals surface area contributed by atoms with Gasteiger partial charge in [-0.2, -0.15) is 0 Å². The van der Waals surface area contributed by atoms with Crippen molar-refractivity contribution in [2.24, 2.45) is 11.0 Å². The molecule has 0 aromatic heterocycles. The molecule has 2 saturated heterocycles. The number of hydrogen-bond acceptors (Lipinski definition) is 5. The fourth-order valence-electron chi connectivity index (χ4n) is 3.39. The van der Waals surface area contributed by atoms with Crippen molar-refractivity contribution in [2.75, 3.05) is 6.61 Å². The van der Waals surface area contributed by atoms with Gasteiger partial charge in [0.2, 0.25) is 0 Å². The lowest BCUT2D eigenvalue weighted by Gasteiger charge is -2.50. The summed E-state index contributed by atoms with van der Waals surface area (Å²) in [5, 5.41) is 4.06. The van der Waals surface area contributed by atoms with Crippen LogP contribution >= 0.6 is 0 Å². The van der Waals surface area contributed by atoms with Crippen LogP contribution in [0.1, 0.15) is 39.5 Å². The summed E-state index contributed by atoms with van der Waals surface area (Å²) in [6, 6.07) is 9.39. The highest BCUT2D eigenvalue weighted by Gasteiger charge is 2.50. The van der Waals surface area contributed by atoms with Gasteiger partial charge in [-0.15, -0.1) is 0 Å². The molecule has 0 bridgehead atoms. The highest BCUT2D eigenvalue weighted by molar-refractivity contribution is 6.74. The standard InChI is InChI=1S/C20H31N3O4Si/c1-13-16(22-23-21)19(27-28(5,6)20(2,3)4)25-15-12-24-18(26-17(13)15)14-10-8-7-9-11-14/h7-11,13,15-19H,12H2,1-6H3/t13-,15?,16?,17-,18?,19+/m1/s1. The van der Waals surface area contributed by atoms with Crippen LogP contribution in [0.4, 0.5) is 0 Å². The molecular weight excluding hydrogens is 374 g/mol. The van der Waals surface area contributed by atoms with Gasteiger partial charge in [0.1, 0.15) is 6.10 Å². The minimum atomic E-state index is -2.11. The summed E-state index contributed by atoms with van der Waals surface area (Å²) in [4.78, 5) is 3.06. The maximum Gasteiger partial charge on any atom is 0.195 e. The molecule has 7 nitrogen and oxygen atoms in total. The Labute approximate surface area is 168 Å². The van der Waals surface area contributed by atoms with Crippen LogP contribution in [0.25, 0.3) is 10.4 Å². The second kappa shape index (κ2) is 8.14. The lowest BCUT2D eigenvalue weighted by atomic mass is 9.88. The number of ether oxygens (including phenoxy) is 3. The van der Waals surface area contributed by atoms with E-state index in [1.54, 1.807) is 0 Å². The molecular formula is C20H31N3O4Si. The van der Waals surface area contributed by atoms with Crippen molar-refractivity contribution >= 4 is 8.32 Å². The first-order valence-corrected chi connectivity index (χ1v) is 12.7. The summed E-state index contributed by atoms with van der Waals surface area (Å²) in [5.41, 5.74) is 10.1. The first-order valence-electron chi connectivity index (χ1n) is 9.83. The Bertz CT molecular complexity index is 718. The van der Waals surface area contributed by atoms with E-state index in [-0.39, 0.29) is 23.2 Å². The van der Waals surface area contributed by atoms with Gasteiger partial charge in [-0.05, 0) is 29.6 Å². The Morgan fingerprint density at radius 1 is 1.18 bits per heavy atom. The second-order valence-corrected chi connectivity index (χ2v) is 13.9. The van der Waals surface area contributed by atoms with Crippen molar-refractivity contribution in [3.05, 3.63) is 46.3 Å². The van der Waals surface area contributed by atoms with Crippen LogP contribution in [0, 0.1) is 5.92 Å². The van der Waals surface area contributed by atoms with Crippen LogP contribution in [0.2, 0.25) is 18.1 Å². The molecule has 2 fully saturated rings. The van der Waals surface area contributed by atoms with Gasteiger partial charge in [-0.1, -0.05) is 63.1 Å². The maximum absolute atomic E-state index is 9.13. The monoisotopic (exact) mass is 405 g/mol. The molecule has 3 unspecified atom stereocenters. The number of nitrogens with zero attached hydrogens (tertiary/aromatic N) is 3. The molecule has 0 saturated carbocycles. The number of fused-ring (bicyclic) bond motifs is 1. The zero-order valence-corrected chi connectivity index (χ0v) is 18.5. The molecule has 0 amide bonds. The van der Waals surface area contributed by atoms with E-state index < -0.39 is 26.9 Å². The molecule has 0 radical (unpaired) electrons. The van der Waals surface area contributed by atoms with Crippen LogP contribution < -0.4 is 0 Å². The predicted molar refractivity (Wildman–Crippen MR) is 109 cm³/mol. The van der Waals surface area contributed by atoms with E-state index in [0.29, 0.717) is 6.61 Å². The highest BCUT2D eigenvalue weighted by atomic mass is 28.4.